The van der Waals surface area contributed by atoms with Crippen molar-refractivity contribution in [1.82, 2.24) is 0 Å². The predicted octanol–water partition coefficient (Wildman–Crippen LogP) is 4.79. The first kappa shape index (κ1) is 22.7. The summed E-state index contributed by atoms with van der Waals surface area (Å²) in [5.41, 5.74) is 2.94. The van der Waals surface area contributed by atoms with Gasteiger partial charge in [-0.2, -0.15) is 0 Å². The molecular formula is C24H26O6. The molecule has 6 heteroatoms. The van der Waals surface area contributed by atoms with Crippen LogP contribution in [0.25, 0.3) is 12.2 Å². The minimum absolute atomic E-state index is 0.0724. The summed E-state index contributed by atoms with van der Waals surface area (Å²) in [6, 6.07) is 8.58. The van der Waals surface area contributed by atoms with E-state index in [9.17, 15) is 14.7 Å². The maximum Gasteiger partial charge on any atom is 0.342 e. The lowest BCUT2D eigenvalue weighted by molar-refractivity contribution is -0.131. The Kier molecular flexibility index (Phi) is 7.81. The second-order valence-corrected chi connectivity index (χ2v) is 6.84. The molecule has 158 valence electrons. The molecule has 0 saturated carbocycles. The van der Waals surface area contributed by atoms with E-state index in [2.05, 4.69) is 0 Å². The van der Waals surface area contributed by atoms with Crippen molar-refractivity contribution in [3.8, 4) is 17.2 Å². The molecule has 2 rings (SSSR count). The molecule has 0 aromatic heterocycles. The highest BCUT2D eigenvalue weighted by Crippen LogP contribution is 2.36. The monoisotopic (exact) mass is 410 g/mol. The first-order valence-corrected chi connectivity index (χ1v) is 9.37. The summed E-state index contributed by atoms with van der Waals surface area (Å²) in [4.78, 5) is 23.4. The number of aromatic hydroxyl groups is 1. The van der Waals surface area contributed by atoms with Crippen molar-refractivity contribution in [3.05, 3.63) is 64.2 Å². The van der Waals surface area contributed by atoms with Crippen LogP contribution >= 0.6 is 0 Å². The average molecular weight is 410 g/mol. The molecule has 1 N–H and O–H groups in total. The number of hydrogen-bond donors (Lipinski definition) is 1. The summed E-state index contributed by atoms with van der Waals surface area (Å²) >= 11 is 0. The molecular weight excluding hydrogens is 384 g/mol. The molecule has 0 unspecified atom stereocenters. The van der Waals surface area contributed by atoms with Crippen molar-refractivity contribution in [2.45, 2.75) is 27.2 Å². The van der Waals surface area contributed by atoms with Gasteiger partial charge in [-0.15, -0.1) is 0 Å². The molecule has 0 saturated heterocycles. The molecule has 0 amide bonds. The number of phenolic OH excluding ortho intramolecular Hbond substituents is 1. The Balaban J connectivity index is 2.48. The fraction of sp³-hybridized carbons (Fsp3) is 0.250. The van der Waals surface area contributed by atoms with Crippen LogP contribution < -0.4 is 9.47 Å². The molecule has 0 aliphatic carbocycles. The van der Waals surface area contributed by atoms with Gasteiger partial charge in [0.15, 0.2) is 0 Å². The van der Waals surface area contributed by atoms with E-state index in [1.165, 1.54) is 21.1 Å². The third-order valence-electron chi connectivity index (χ3n) is 4.32. The Morgan fingerprint density at radius 3 is 2.23 bits per heavy atom. The maximum atomic E-state index is 12.4. The molecule has 0 spiro atoms. The van der Waals surface area contributed by atoms with E-state index in [4.69, 9.17) is 14.2 Å². The first-order valence-electron chi connectivity index (χ1n) is 9.37. The van der Waals surface area contributed by atoms with Crippen molar-refractivity contribution >= 4 is 24.1 Å². The highest BCUT2D eigenvalue weighted by atomic mass is 16.5. The highest BCUT2D eigenvalue weighted by molar-refractivity contribution is 5.98. The van der Waals surface area contributed by atoms with Gasteiger partial charge >= 0.3 is 11.9 Å². The van der Waals surface area contributed by atoms with Crippen LogP contribution in [0.3, 0.4) is 0 Å². The number of carbonyl (C=O) groups excluding carboxylic acids is 2. The van der Waals surface area contributed by atoms with Gasteiger partial charge in [0, 0.05) is 12.5 Å². The number of benzene rings is 2. The van der Waals surface area contributed by atoms with E-state index in [0.29, 0.717) is 29.0 Å². The lowest BCUT2D eigenvalue weighted by Gasteiger charge is -2.15. The fourth-order valence-corrected chi connectivity index (χ4v) is 2.84. The summed E-state index contributed by atoms with van der Waals surface area (Å²) in [6.45, 7) is 5.24. The smallest absolute Gasteiger partial charge is 0.342 e. The Morgan fingerprint density at radius 2 is 1.70 bits per heavy atom. The molecule has 6 nitrogen and oxygen atoms in total. The van der Waals surface area contributed by atoms with Crippen LogP contribution in [0, 0.1) is 0 Å². The van der Waals surface area contributed by atoms with Crippen LogP contribution in [0.2, 0.25) is 0 Å². The summed E-state index contributed by atoms with van der Waals surface area (Å²) in [5, 5.41) is 10.8. The van der Waals surface area contributed by atoms with Crippen LogP contribution in [0.15, 0.2) is 42.0 Å². The Bertz CT molecular complexity index is 980. The normalized spacial score (nSPS) is 10.6. The lowest BCUT2D eigenvalue weighted by atomic mass is 9.97. The second kappa shape index (κ2) is 10.3. The van der Waals surface area contributed by atoms with Crippen molar-refractivity contribution in [2.24, 2.45) is 0 Å². The van der Waals surface area contributed by atoms with Gasteiger partial charge in [0.2, 0.25) is 0 Å². The molecule has 0 aliphatic rings. The Labute approximate surface area is 176 Å². The number of allylic oxidation sites excluding steroid dienone is 2. The van der Waals surface area contributed by atoms with Gasteiger partial charge in [0.1, 0.15) is 22.8 Å². The number of rotatable bonds is 7. The van der Waals surface area contributed by atoms with Crippen molar-refractivity contribution in [3.63, 3.8) is 0 Å². The molecule has 0 aliphatic heterocycles. The van der Waals surface area contributed by atoms with Crippen LogP contribution in [0.5, 0.6) is 17.2 Å². The number of phenols is 1. The summed E-state index contributed by atoms with van der Waals surface area (Å²) in [6.07, 6.45) is 5.83. The molecule has 0 radical (unpaired) electrons. The molecule has 0 bridgehead atoms. The fourth-order valence-electron chi connectivity index (χ4n) is 2.84. The van der Waals surface area contributed by atoms with Crippen LogP contribution in [0.1, 0.15) is 47.8 Å². The van der Waals surface area contributed by atoms with Crippen LogP contribution in [0.4, 0.5) is 0 Å². The molecule has 0 fully saturated rings. The number of hydrogen-bond acceptors (Lipinski definition) is 6. The first-order chi connectivity index (χ1) is 14.3. The van der Waals surface area contributed by atoms with Crippen molar-refractivity contribution in [1.29, 1.82) is 0 Å². The third kappa shape index (κ3) is 5.73. The van der Waals surface area contributed by atoms with Gasteiger partial charge in [-0.05, 0) is 49.6 Å². The quantitative estimate of drug-likeness (QED) is 0.306. The second-order valence-electron chi connectivity index (χ2n) is 6.84. The van der Waals surface area contributed by atoms with Gasteiger partial charge in [0.05, 0.1) is 14.2 Å². The SMILES string of the molecule is COC(=O)c1c(/C=C/c2ccc(OC(C)=O)cc2)cc(OC)c(CC=C(C)C)c1O. The molecule has 0 heterocycles. The minimum atomic E-state index is -0.640. The van der Waals surface area contributed by atoms with E-state index < -0.39 is 11.9 Å². The van der Waals surface area contributed by atoms with Crippen molar-refractivity contribution < 1.29 is 28.9 Å². The average Bonchev–Trinajstić information content (AvgIpc) is 2.70. The predicted molar refractivity (Wildman–Crippen MR) is 116 cm³/mol. The minimum Gasteiger partial charge on any atom is -0.507 e. The highest BCUT2D eigenvalue weighted by Gasteiger charge is 2.22. The molecule has 2 aromatic rings. The van der Waals surface area contributed by atoms with E-state index in [1.54, 1.807) is 42.5 Å². The number of methoxy groups -OCH3 is 2. The van der Waals surface area contributed by atoms with E-state index in [1.807, 2.05) is 19.9 Å². The van der Waals surface area contributed by atoms with Crippen LogP contribution in [-0.4, -0.2) is 31.3 Å². The van der Waals surface area contributed by atoms with Gasteiger partial charge in [0.25, 0.3) is 0 Å². The molecule has 0 atom stereocenters. The lowest BCUT2D eigenvalue weighted by Crippen LogP contribution is -2.07. The van der Waals surface area contributed by atoms with Crippen LogP contribution in [-0.2, 0) is 16.0 Å². The largest absolute Gasteiger partial charge is 0.507 e. The summed E-state index contributed by atoms with van der Waals surface area (Å²) in [5.74, 6) is -0.279. The zero-order valence-electron chi connectivity index (χ0n) is 17.8. The van der Waals surface area contributed by atoms with Gasteiger partial charge in [-0.3, -0.25) is 4.79 Å². The Morgan fingerprint density at radius 1 is 1.03 bits per heavy atom. The van der Waals surface area contributed by atoms with Crippen molar-refractivity contribution in [2.75, 3.05) is 14.2 Å². The maximum absolute atomic E-state index is 12.4. The van der Waals surface area contributed by atoms with E-state index in [0.717, 1.165) is 11.1 Å². The zero-order chi connectivity index (χ0) is 22.3. The van der Waals surface area contributed by atoms with Gasteiger partial charge in [-0.25, -0.2) is 4.79 Å². The summed E-state index contributed by atoms with van der Waals surface area (Å²) < 4.78 is 15.3. The number of ether oxygens (including phenoxy) is 3. The molecule has 2 aromatic carbocycles. The third-order valence-corrected chi connectivity index (χ3v) is 4.32. The number of esters is 2. The molecule has 30 heavy (non-hydrogen) atoms. The van der Waals surface area contributed by atoms with E-state index in [-0.39, 0.29) is 11.3 Å². The summed E-state index contributed by atoms with van der Waals surface area (Å²) in [7, 11) is 2.78. The topological polar surface area (TPSA) is 82.1 Å². The standard InChI is InChI=1S/C24H26O6/c1-15(2)6-13-20-21(28-4)14-18(22(23(20)26)24(27)29-5)10-7-17-8-11-19(12-9-17)30-16(3)25/h6-12,14,26H,13H2,1-5H3/b10-7+. The van der Waals surface area contributed by atoms with E-state index >= 15 is 0 Å². The van der Waals surface area contributed by atoms with Gasteiger partial charge < -0.3 is 19.3 Å². The zero-order valence-corrected chi connectivity index (χ0v) is 17.8. The Hall–Kier alpha value is -3.54. The van der Waals surface area contributed by atoms with Gasteiger partial charge in [-0.1, -0.05) is 35.9 Å². The number of carbonyl (C=O) groups is 2.